The van der Waals surface area contributed by atoms with E-state index in [0.29, 0.717) is 6.42 Å². The fraction of sp³-hybridized carbons (Fsp3) is 0.714. The number of alkyl carbamates (subject to hydrolysis) is 1. The van der Waals surface area contributed by atoms with Crippen LogP contribution in [0.15, 0.2) is 0 Å². The summed E-state index contributed by atoms with van der Waals surface area (Å²) in [6.45, 7) is -0.159. The summed E-state index contributed by atoms with van der Waals surface area (Å²) >= 11 is 16.0. The van der Waals surface area contributed by atoms with Gasteiger partial charge in [-0.05, 0) is 6.42 Å². The quantitative estimate of drug-likeness (QED) is 0.595. The van der Waals surface area contributed by atoms with E-state index in [1.54, 1.807) is 0 Å². The first-order chi connectivity index (χ1) is 6.81. The summed E-state index contributed by atoms with van der Waals surface area (Å²) in [5.41, 5.74) is 0. The maximum absolute atomic E-state index is 10.9. The van der Waals surface area contributed by atoms with E-state index >= 15 is 0 Å². The summed E-state index contributed by atoms with van der Waals surface area (Å²) in [6.07, 6.45) is -0.449. The number of amides is 1. The zero-order valence-electron chi connectivity index (χ0n) is 7.63. The summed E-state index contributed by atoms with van der Waals surface area (Å²) in [6, 6.07) is 0. The molecule has 0 aliphatic carbocycles. The maximum Gasteiger partial charge on any atom is 0.407 e. The minimum Gasteiger partial charge on any atom is -0.481 e. The predicted molar refractivity (Wildman–Crippen MR) is 56.5 cm³/mol. The monoisotopic (exact) mass is 277 g/mol. The second-order valence-electron chi connectivity index (χ2n) is 2.62. The Balaban J connectivity index is 3.46. The van der Waals surface area contributed by atoms with E-state index in [0.717, 1.165) is 0 Å². The minimum absolute atomic E-state index is 0.0231. The van der Waals surface area contributed by atoms with Crippen LogP contribution in [0.5, 0.6) is 0 Å². The molecule has 0 rings (SSSR count). The average molecular weight is 279 g/mol. The zero-order valence-corrected chi connectivity index (χ0v) is 9.90. The largest absolute Gasteiger partial charge is 0.481 e. The van der Waals surface area contributed by atoms with Crippen molar-refractivity contribution in [2.75, 3.05) is 13.2 Å². The highest BCUT2D eigenvalue weighted by molar-refractivity contribution is 6.67. The van der Waals surface area contributed by atoms with Gasteiger partial charge in [0.2, 0.25) is 3.79 Å². The van der Waals surface area contributed by atoms with Crippen molar-refractivity contribution in [3.05, 3.63) is 0 Å². The predicted octanol–water partition coefficient (Wildman–Crippen LogP) is 1.95. The van der Waals surface area contributed by atoms with Gasteiger partial charge in [-0.3, -0.25) is 4.79 Å². The van der Waals surface area contributed by atoms with Crippen molar-refractivity contribution in [3.8, 4) is 0 Å². The molecule has 0 aliphatic rings. The topological polar surface area (TPSA) is 75.6 Å². The molecule has 0 spiro atoms. The van der Waals surface area contributed by atoms with E-state index in [1.807, 2.05) is 0 Å². The Bertz CT molecular complexity index is 229. The molecule has 0 unspecified atom stereocenters. The molecule has 0 aliphatic heterocycles. The van der Waals surface area contributed by atoms with Crippen LogP contribution in [-0.4, -0.2) is 34.1 Å². The van der Waals surface area contributed by atoms with E-state index in [-0.39, 0.29) is 19.6 Å². The Hall–Kier alpha value is -0.390. The molecule has 0 saturated heterocycles. The fourth-order valence-corrected chi connectivity index (χ4v) is 0.792. The zero-order chi connectivity index (χ0) is 11.9. The van der Waals surface area contributed by atoms with E-state index < -0.39 is 15.9 Å². The summed E-state index contributed by atoms with van der Waals surface area (Å²) in [5.74, 6) is -0.925. The van der Waals surface area contributed by atoms with Crippen molar-refractivity contribution in [1.29, 1.82) is 0 Å². The van der Waals surface area contributed by atoms with Crippen LogP contribution < -0.4 is 5.32 Å². The number of carbonyl (C=O) groups is 2. The Kier molecular flexibility index (Phi) is 6.80. The molecule has 0 radical (unpaired) electrons. The van der Waals surface area contributed by atoms with Gasteiger partial charge in [-0.25, -0.2) is 4.79 Å². The van der Waals surface area contributed by atoms with Crippen LogP contribution in [0.2, 0.25) is 0 Å². The minimum atomic E-state index is -1.64. The van der Waals surface area contributed by atoms with Crippen LogP contribution in [0.1, 0.15) is 12.8 Å². The normalized spacial score (nSPS) is 10.9. The van der Waals surface area contributed by atoms with Crippen molar-refractivity contribution < 1.29 is 19.4 Å². The van der Waals surface area contributed by atoms with Crippen molar-refractivity contribution in [2.45, 2.75) is 16.6 Å². The highest BCUT2D eigenvalue weighted by Gasteiger charge is 2.21. The first kappa shape index (κ1) is 14.6. The lowest BCUT2D eigenvalue weighted by atomic mass is 10.3. The number of halogens is 3. The first-order valence-corrected chi connectivity index (χ1v) is 5.14. The van der Waals surface area contributed by atoms with Gasteiger partial charge in [0, 0.05) is 13.0 Å². The first-order valence-electron chi connectivity index (χ1n) is 4.00. The van der Waals surface area contributed by atoms with Gasteiger partial charge in [-0.2, -0.15) is 0 Å². The summed E-state index contributed by atoms with van der Waals surface area (Å²) in [7, 11) is 0. The van der Waals surface area contributed by atoms with Crippen LogP contribution in [0, 0.1) is 0 Å². The van der Waals surface area contributed by atoms with Gasteiger partial charge >= 0.3 is 12.1 Å². The number of alkyl halides is 3. The number of rotatable bonds is 5. The summed E-state index contributed by atoms with van der Waals surface area (Å²) in [4.78, 5) is 21.0. The second kappa shape index (κ2) is 6.98. The Labute approximate surface area is 102 Å². The summed E-state index contributed by atoms with van der Waals surface area (Å²) < 4.78 is 2.88. The second-order valence-corrected chi connectivity index (χ2v) is 5.13. The number of carbonyl (C=O) groups excluding carboxylic acids is 1. The van der Waals surface area contributed by atoms with Crippen LogP contribution in [-0.2, 0) is 9.53 Å². The number of carboxylic acids is 1. The molecular weight excluding hydrogens is 268 g/mol. The highest BCUT2D eigenvalue weighted by atomic mass is 35.6. The molecule has 0 fully saturated rings. The Morgan fingerprint density at radius 1 is 1.33 bits per heavy atom. The fourth-order valence-electron chi connectivity index (χ4n) is 0.628. The number of ether oxygens (including phenoxy) is 1. The van der Waals surface area contributed by atoms with Crippen molar-refractivity contribution in [2.24, 2.45) is 0 Å². The lowest BCUT2D eigenvalue weighted by molar-refractivity contribution is -0.137. The average Bonchev–Trinajstić information content (AvgIpc) is 2.07. The molecule has 0 aromatic carbocycles. The molecule has 5 nitrogen and oxygen atoms in total. The standard InChI is InChI=1S/C7H10Cl3NO4/c8-7(9,10)4-15-6(14)11-3-1-2-5(12)13/h1-4H2,(H,11,14)(H,12,13). The van der Waals surface area contributed by atoms with Crippen molar-refractivity contribution >= 4 is 46.9 Å². The smallest absolute Gasteiger partial charge is 0.407 e. The van der Waals surface area contributed by atoms with E-state index in [9.17, 15) is 9.59 Å². The molecule has 15 heavy (non-hydrogen) atoms. The molecule has 0 aromatic heterocycles. The Morgan fingerprint density at radius 3 is 2.40 bits per heavy atom. The molecule has 2 N–H and O–H groups in total. The molecule has 8 heteroatoms. The van der Waals surface area contributed by atoms with Gasteiger partial charge < -0.3 is 15.2 Å². The lowest BCUT2D eigenvalue weighted by Crippen LogP contribution is -2.28. The van der Waals surface area contributed by atoms with Crippen LogP contribution in [0.3, 0.4) is 0 Å². The number of nitrogens with one attached hydrogen (secondary N) is 1. The molecule has 0 bridgehead atoms. The third kappa shape index (κ3) is 11.5. The SMILES string of the molecule is O=C(O)CCCNC(=O)OCC(Cl)(Cl)Cl. The van der Waals surface area contributed by atoms with E-state index in [4.69, 9.17) is 39.9 Å². The third-order valence-corrected chi connectivity index (χ3v) is 1.53. The molecular formula is C7H10Cl3NO4. The van der Waals surface area contributed by atoms with Gasteiger partial charge in [-0.1, -0.05) is 34.8 Å². The molecule has 0 aromatic rings. The Morgan fingerprint density at radius 2 is 1.93 bits per heavy atom. The van der Waals surface area contributed by atoms with Crippen LogP contribution in [0.25, 0.3) is 0 Å². The van der Waals surface area contributed by atoms with Crippen LogP contribution >= 0.6 is 34.8 Å². The molecule has 1 amide bonds. The van der Waals surface area contributed by atoms with Gasteiger partial charge in [0.15, 0.2) is 0 Å². The number of aliphatic carboxylic acids is 1. The van der Waals surface area contributed by atoms with E-state index in [2.05, 4.69) is 10.1 Å². The van der Waals surface area contributed by atoms with Gasteiger partial charge in [0.1, 0.15) is 6.61 Å². The molecule has 88 valence electrons. The third-order valence-electron chi connectivity index (χ3n) is 1.20. The van der Waals surface area contributed by atoms with Gasteiger partial charge in [0.05, 0.1) is 0 Å². The van der Waals surface area contributed by atoms with E-state index in [1.165, 1.54) is 0 Å². The lowest BCUT2D eigenvalue weighted by Gasteiger charge is -2.11. The van der Waals surface area contributed by atoms with Crippen molar-refractivity contribution in [3.63, 3.8) is 0 Å². The number of hydrogen-bond acceptors (Lipinski definition) is 3. The van der Waals surface area contributed by atoms with Gasteiger partial charge in [0.25, 0.3) is 0 Å². The molecule has 0 saturated carbocycles. The number of hydrogen-bond donors (Lipinski definition) is 2. The van der Waals surface area contributed by atoms with Crippen LogP contribution in [0.4, 0.5) is 4.79 Å². The summed E-state index contributed by atoms with van der Waals surface area (Å²) in [5, 5.41) is 10.6. The highest BCUT2D eigenvalue weighted by Crippen LogP contribution is 2.25. The maximum atomic E-state index is 10.9. The molecule has 0 atom stereocenters. The number of carboxylic acid groups (broad SMARTS) is 1. The van der Waals surface area contributed by atoms with Gasteiger partial charge in [-0.15, -0.1) is 0 Å². The van der Waals surface area contributed by atoms with Crippen molar-refractivity contribution in [1.82, 2.24) is 5.32 Å². The molecule has 0 heterocycles.